The van der Waals surface area contributed by atoms with Gasteiger partial charge in [-0.1, -0.05) is 0 Å². The Balaban J connectivity index is 2.50. The van der Waals surface area contributed by atoms with Gasteiger partial charge in [0.1, 0.15) is 5.69 Å². The Morgan fingerprint density at radius 3 is 2.05 bits per heavy atom. The molecule has 1 aromatic rings. The third-order valence-corrected chi connectivity index (χ3v) is 3.29. The van der Waals surface area contributed by atoms with Crippen LogP contribution in [0.4, 0.5) is 27.6 Å². The maximum atomic E-state index is 13.7. The molecule has 0 radical (unpaired) electrons. The van der Waals surface area contributed by atoms with E-state index in [2.05, 4.69) is 5.32 Å². The lowest BCUT2D eigenvalue weighted by atomic mass is 10.2. The van der Waals surface area contributed by atoms with E-state index < -0.39 is 34.8 Å². The summed E-state index contributed by atoms with van der Waals surface area (Å²) >= 11 is 0. The predicted octanol–water partition coefficient (Wildman–Crippen LogP) is 2.57. The van der Waals surface area contributed by atoms with Crippen LogP contribution in [-0.2, 0) is 0 Å². The number of likely N-dealkylation sites (N-methyl/N-ethyl adjacent to an activating group) is 1. The molecular weight excluding hydrogens is 267 g/mol. The lowest BCUT2D eigenvalue weighted by Crippen LogP contribution is -2.38. The van der Waals surface area contributed by atoms with Crippen molar-refractivity contribution in [3.05, 3.63) is 29.1 Å². The van der Waals surface area contributed by atoms with Gasteiger partial charge in [-0.05, 0) is 19.9 Å². The zero-order chi connectivity index (χ0) is 14.2. The molecule has 19 heavy (non-hydrogen) atoms. The number of benzene rings is 1. The van der Waals surface area contributed by atoms with Crippen LogP contribution in [0.3, 0.4) is 0 Å². The Morgan fingerprint density at radius 1 is 1.00 bits per heavy atom. The smallest absolute Gasteiger partial charge is 0.200 e. The van der Waals surface area contributed by atoms with Crippen LogP contribution in [-0.4, -0.2) is 26.2 Å². The fourth-order valence-electron chi connectivity index (χ4n) is 2.42. The van der Waals surface area contributed by atoms with E-state index >= 15 is 0 Å². The molecule has 1 saturated heterocycles. The standard InChI is InChI=1S/C12H13F5N2/c1-18-5-6-3-2-4-19(6)12-10(16)8(14)7(13)9(15)11(12)17/h6,18H,2-5H2,1H3. The van der Waals surface area contributed by atoms with Crippen LogP contribution in [0.25, 0.3) is 0 Å². The number of nitrogens with zero attached hydrogens (tertiary/aromatic N) is 1. The van der Waals surface area contributed by atoms with E-state index in [4.69, 9.17) is 0 Å². The van der Waals surface area contributed by atoms with E-state index in [9.17, 15) is 22.0 Å². The highest BCUT2D eigenvalue weighted by Gasteiger charge is 2.34. The van der Waals surface area contributed by atoms with Gasteiger partial charge in [-0.15, -0.1) is 0 Å². The molecule has 1 fully saturated rings. The number of hydrogen-bond acceptors (Lipinski definition) is 2. The molecule has 1 aliphatic heterocycles. The lowest BCUT2D eigenvalue weighted by Gasteiger charge is -2.27. The van der Waals surface area contributed by atoms with Crippen LogP contribution in [0.15, 0.2) is 0 Å². The van der Waals surface area contributed by atoms with Crippen LogP contribution >= 0.6 is 0 Å². The summed E-state index contributed by atoms with van der Waals surface area (Å²) in [5.41, 5.74) is -0.825. The van der Waals surface area contributed by atoms with Gasteiger partial charge >= 0.3 is 0 Å². The molecular formula is C12H13F5N2. The highest BCUT2D eigenvalue weighted by molar-refractivity contribution is 5.52. The molecule has 0 aromatic heterocycles. The van der Waals surface area contributed by atoms with Gasteiger partial charge in [0.25, 0.3) is 0 Å². The van der Waals surface area contributed by atoms with Crippen molar-refractivity contribution in [3.63, 3.8) is 0 Å². The maximum Gasteiger partial charge on any atom is 0.200 e. The average Bonchev–Trinajstić information content (AvgIpc) is 2.83. The summed E-state index contributed by atoms with van der Waals surface area (Å²) in [6.45, 7) is 0.685. The monoisotopic (exact) mass is 280 g/mol. The van der Waals surface area contributed by atoms with Gasteiger partial charge in [-0.2, -0.15) is 0 Å². The largest absolute Gasteiger partial charge is 0.362 e. The topological polar surface area (TPSA) is 15.3 Å². The Hall–Kier alpha value is -1.37. The lowest BCUT2D eigenvalue weighted by molar-refractivity contribution is 0.377. The highest BCUT2D eigenvalue weighted by Crippen LogP contribution is 2.34. The van der Waals surface area contributed by atoms with Crippen LogP contribution in [0.5, 0.6) is 0 Å². The van der Waals surface area contributed by atoms with Gasteiger partial charge < -0.3 is 10.2 Å². The van der Waals surface area contributed by atoms with Gasteiger partial charge in [0.15, 0.2) is 23.3 Å². The number of rotatable bonds is 3. The molecule has 2 nitrogen and oxygen atoms in total. The van der Waals surface area contributed by atoms with Gasteiger partial charge in [-0.3, -0.25) is 0 Å². The molecule has 1 aromatic carbocycles. The second kappa shape index (κ2) is 5.32. The number of nitrogens with one attached hydrogen (secondary N) is 1. The minimum Gasteiger partial charge on any atom is -0.362 e. The van der Waals surface area contributed by atoms with Crippen LogP contribution in [0.1, 0.15) is 12.8 Å². The molecule has 0 spiro atoms. The molecule has 1 heterocycles. The molecule has 0 aliphatic carbocycles. The normalized spacial score (nSPS) is 19.3. The second-order valence-corrected chi connectivity index (χ2v) is 4.47. The van der Waals surface area contributed by atoms with E-state index in [0.29, 0.717) is 19.4 Å². The average molecular weight is 280 g/mol. The Kier molecular flexibility index (Phi) is 3.93. The predicted molar refractivity (Wildman–Crippen MR) is 60.5 cm³/mol. The van der Waals surface area contributed by atoms with Gasteiger partial charge in [-0.25, -0.2) is 22.0 Å². The van der Waals surface area contributed by atoms with E-state index in [-0.39, 0.29) is 12.6 Å². The van der Waals surface area contributed by atoms with Gasteiger partial charge in [0, 0.05) is 19.1 Å². The molecule has 0 bridgehead atoms. The Bertz CT molecular complexity index is 462. The molecule has 106 valence electrons. The first-order chi connectivity index (χ1) is 8.99. The van der Waals surface area contributed by atoms with Crippen molar-refractivity contribution in [3.8, 4) is 0 Å². The van der Waals surface area contributed by atoms with E-state index in [0.717, 1.165) is 0 Å². The van der Waals surface area contributed by atoms with Crippen molar-refractivity contribution >= 4 is 5.69 Å². The van der Waals surface area contributed by atoms with Gasteiger partial charge in [0.05, 0.1) is 0 Å². The fourth-order valence-corrected chi connectivity index (χ4v) is 2.42. The summed E-state index contributed by atoms with van der Waals surface area (Å²) in [6, 6.07) is -0.279. The van der Waals surface area contributed by atoms with Crippen molar-refractivity contribution in [2.24, 2.45) is 0 Å². The van der Waals surface area contributed by atoms with Crippen molar-refractivity contribution < 1.29 is 22.0 Å². The van der Waals surface area contributed by atoms with Crippen molar-refractivity contribution in [2.75, 3.05) is 25.0 Å². The molecule has 2 rings (SSSR count). The number of hydrogen-bond donors (Lipinski definition) is 1. The third kappa shape index (κ3) is 2.27. The molecule has 7 heteroatoms. The summed E-state index contributed by atoms with van der Waals surface area (Å²) in [5, 5.41) is 2.84. The second-order valence-electron chi connectivity index (χ2n) is 4.47. The summed E-state index contributed by atoms with van der Waals surface area (Å²) in [5.74, 6) is -9.45. The number of anilines is 1. The SMILES string of the molecule is CNCC1CCCN1c1c(F)c(F)c(F)c(F)c1F. The van der Waals surface area contributed by atoms with Crippen molar-refractivity contribution in [2.45, 2.75) is 18.9 Å². The minimum absolute atomic E-state index is 0.269. The first kappa shape index (κ1) is 14.0. The molecule has 0 saturated carbocycles. The van der Waals surface area contributed by atoms with E-state index in [1.54, 1.807) is 7.05 Å². The zero-order valence-corrected chi connectivity index (χ0v) is 10.2. The van der Waals surface area contributed by atoms with Crippen LogP contribution < -0.4 is 10.2 Å². The first-order valence-corrected chi connectivity index (χ1v) is 5.91. The quantitative estimate of drug-likeness (QED) is 0.520. The summed E-state index contributed by atoms with van der Waals surface area (Å²) in [7, 11) is 1.66. The van der Waals surface area contributed by atoms with Crippen LogP contribution in [0, 0.1) is 29.1 Å². The maximum absolute atomic E-state index is 13.7. The van der Waals surface area contributed by atoms with Crippen LogP contribution in [0.2, 0.25) is 0 Å². The summed E-state index contributed by atoms with van der Waals surface area (Å²) < 4.78 is 66.7. The Morgan fingerprint density at radius 2 is 1.53 bits per heavy atom. The molecule has 1 N–H and O–H groups in total. The Labute approximate surface area is 107 Å². The fraction of sp³-hybridized carbons (Fsp3) is 0.500. The first-order valence-electron chi connectivity index (χ1n) is 5.91. The van der Waals surface area contributed by atoms with Gasteiger partial charge in [0.2, 0.25) is 5.82 Å². The highest BCUT2D eigenvalue weighted by atomic mass is 19.2. The minimum atomic E-state index is -2.12. The molecule has 1 unspecified atom stereocenters. The summed E-state index contributed by atoms with van der Waals surface area (Å²) in [4.78, 5) is 1.24. The van der Waals surface area contributed by atoms with E-state index in [1.165, 1.54) is 4.90 Å². The third-order valence-electron chi connectivity index (χ3n) is 3.29. The molecule has 1 atom stereocenters. The zero-order valence-electron chi connectivity index (χ0n) is 10.2. The van der Waals surface area contributed by atoms with Crippen molar-refractivity contribution in [1.82, 2.24) is 5.32 Å². The van der Waals surface area contributed by atoms with Crippen molar-refractivity contribution in [1.29, 1.82) is 0 Å². The van der Waals surface area contributed by atoms with E-state index in [1.807, 2.05) is 0 Å². The molecule has 0 amide bonds. The molecule has 1 aliphatic rings. The number of halogens is 5. The summed E-state index contributed by atoms with van der Waals surface area (Å²) in [6.07, 6.45) is 1.28.